The van der Waals surface area contributed by atoms with E-state index in [0.717, 1.165) is 42.8 Å². The number of methoxy groups -OCH3 is 1. The average molecular weight is 410 g/mol. The van der Waals surface area contributed by atoms with Crippen LogP contribution in [-0.2, 0) is 11.3 Å². The second-order valence-electron chi connectivity index (χ2n) is 7.57. The van der Waals surface area contributed by atoms with Gasteiger partial charge in [-0.2, -0.15) is 0 Å². The topological polar surface area (TPSA) is 54.5 Å². The number of aromatic nitrogens is 1. The first kappa shape index (κ1) is 19.9. The molecule has 1 aliphatic heterocycles. The lowest BCUT2D eigenvalue weighted by molar-refractivity contribution is -0.126. The first-order chi connectivity index (χ1) is 14.1. The van der Waals surface area contributed by atoms with Crippen LogP contribution in [0.25, 0.3) is 10.2 Å². The minimum Gasteiger partial charge on any atom is -0.497 e. The number of fused-ring (bicyclic) bond motifs is 1. The first-order valence-electron chi connectivity index (χ1n) is 10.1. The van der Waals surface area contributed by atoms with Crippen molar-refractivity contribution in [3.05, 3.63) is 59.1 Å². The van der Waals surface area contributed by atoms with Gasteiger partial charge in [-0.3, -0.25) is 9.69 Å². The van der Waals surface area contributed by atoms with Crippen LogP contribution in [0.1, 0.15) is 36.3 Å². The number of nitrogens with one attached hydrogen (secondary N) is 1. The maximum absolute atomic E-state index is 12.6. The summed E-state index contributed by atoms with van der Waals surface area (Å²) in [5.74, 6) is 1.40. The molecule has 29 heavy (non-hydrogen) atoms. The molecule has 4 rings (SSSR count). The Morgan fingerprint density at radius 2 is 1.93 bits per heavy atom. The molecule has 1 aromatic heterocycles. The van der Waals surface area contributed by atoms with Crippen molar-refractivity contribution in [3.8, 4) is 5.75 Å². The summed E-state index contributed by atoms with van der Waals surface area (Å²) < 4.78 is 6.43. The minimum absolute atomic E-state index is 0.0826. The average Bonchev–Trinajstić information content (AvgIpc) is 3.22. The first-order valence-corrected chi connectivity index (χ1v) is 11.0. The SMILES string of the molecule is COc1ccc(CNC(=O)C(C)N2CCC(c3nc4ccccc4s3)CC2)cc1. The fraction of sp³-hybridized carbons (Fsp3) is 0.391. The van der Waals surface area contributed by atoms with E-state index in [1.54, 1.807) is 7.11 Å². The number of hydrogen-bond acceptors (Lipinski definition) is 5. The fourth-order valence-corrected chi connectivity index (χ4v) is 4.98. The number of carbonyl (C=O) groups excluding carboxylic acids is 1. The summed E-state index contributed by atoms with van der Waals surface area (Å²) in [6, 6.07) is 16.0. The van der Waals surface area contributed by atoms with Gasteiger partial charge in [0.25, 0.3) is 0 Å². The molecule has 2 aromatic carbocycles. The molecule has 1 atom stereocenters. The van der Waals surface area contributed by atoms with E-state index in [2.05, 4.69) is 28.4 Å². The van der Waals surface area contributed by atoms with E-state index < -0.39 is 0 Å². The van der Waals surface area contributed by atoms with Gasteiger partial charge in [0.1, 0.15) is 5.75 Å². The zero-order valence-corrected chi connectivity index (χ0v) is 17.7. The highest BCUT2D eigenvalue weighted by Gasteiger charge is 2.28. The van der Waals surface area contributed by atoms with Gasteiger partial charge in [0.2, 0.25) is 5.91 Å². The number of para-hydroxylation sites is 1. The van der Waals surface area contributed by atoms with Gasteiger partial charge in [0, 0.05) is 12.5 Å². The number of rotatable bonds is 6. The fourth-order valence-electron chi connectivity index (χ4n) is 3.84. The van der Waals surface area contributed by atoms with Crippen molar-refractivity contribution in [3.63, 3.8) is 0 Å². The summed E-state index contributed by atoms with van der Waals surface area (Å²) >= 11 is 1.81. The molecule has 2 heterocycles. The molecule has 1 saturated heterocycles. The van der Waals surface area contributed by atoms with Crippen molar-refractivity contribution in [1.82, 2.24) is 15.2 Å². The Morgan fingerprint density at radius 3 is 2.62 bits per heavy atom. The molecule has 1 fully saturated rings. The summed E-state index contributed by atoms with van der Waals surface area (Å²) in [5, 5.41) is 4.30. The molecule has 0 radical (unpaired) electrons. The molecule has 0 spiro atoms. The summed E-state index contributed by atoms with van der Waals surface area (Å²) in [6.45, 7) is 4.39. The molecule has 5 nitrogen and oxygen atoms in total. The number of ether oxygens (including phenoxy) is 1. The predicted molar refractivity (Wildman–Crippen MR) is 117 cm³/mol. The van der Waals surface area contributed by atoms with Crippen LogP contribution in [0.2, 0.25) is 0 Å². The highest BCUT2D eigenvalue weighted by Crippen LogP contribution is 2.34. The zero-order chi connectivity index (χ0) is 20.2. The van der Waals surface area contributed by atoms with Crippen LogP contribution in [0.3, 0.4) is 0 Å². The van der Waals surface area contributed by atoms with Gasteiger partial charge < -0.3 is 10.1 Å². The van der Waals surface area contributed by atoms with Gasteiger partial charge in [-0.25, -0.2) is 4.98 Å². The largest absolute Gasteiger partial charge is 0.497 e. The Hall–Kier alpha value is -2.44. The zero-order valence-electron chi connectivity index (χ0n) is 16.9. The number of likely N-dealkylation sites (tertiary alicyclic amines) is 1. The van der Waals surface area contributed by atoms with E-state index in [1.165, 1.54) is 9.71 Å². The van der Waals surface area contributed by atoms with Crippen LogP contribution < -0.4 is 10.1 Å². The van der Waals surface area contributed by atoms with E-state index in [4.69, 9.17) is 9.72 Å². The Morgan fingerprint density at radius 1 is 1.21 bits per heavy atom. The van der Waals surface area contributed by atoms with Crippen LogP contribution in [0, 0.1) is 0 Å². The third-order valence-electron chi connectivity index (χ3n) is 5.74. The summed E-state index contributed by atoms with van der Waals surface area (Å²) in [5.41, 5.74) is 2.17. The molecule has 152 valence electrons. The lowest BCUT2D eigenvalue weighted by Crippen LogP contribution is -2.47. The molecule has 1 amide bonds. The number of amides is 1. The maximum atomic E-state index is 12.6. The second kappa shape index (κ2) is 8.93. The van der Waals surface area contributed by atoms with E-state index >= 15 is 0 Å². The highest BCUT2D eigenvalue weighted by atomic mass is 32.1. The van der Waals surface area contributed by atoms with Crippen LogP contribution in [-0.4, -0.2) is 42.0 Å². The number of carbonyl (C=O) groups is 1. The quantitative estimate of drug-likeness (QED) is 0.663. The van der Waals surface area contributed by atoms with Crippen LogP contribution in [0.5, 0.6) is 5.75 Å². The standard InChI is InChI=1S/C23H27N3O2S/c1-16(22(27)24-15-17-7-9-19(28-2)10-8-17)26-13-11-18(12-14-26)23-25-20-5-3-4-6-21(20)29-23/h3-10,16,18H,11-15H2,1-2H3,(H,24,27). The van der Waals surface area contributed by atoms with E-state index in [9.17, 15) is 4.79 Å². The number of piperidine rings is 1. The molecule has 6 heteroatoms. The van der Waals surface area contributed by atoms with Gasteiger partial charge in [-0.05, 0) is 62.7 Å². The third-order valence-corrected chi connectivity index (χ3v) is 6.94. The van der Waals surface area contributed by atoms with Crippen molar-refractivity contribution in [1.29, 1.82) is 0 Å². The molecule has 0 aliphatic carbocycles. The lowest BCUT2D eigenvalue weighted by atomic mass is 9.96. The molecular weight excluding hydrogens is 382 g/mol. The molecular formula is C23H27N3O2S. The molecule has 1 aliphatic rings. The van der Waals surface area contributed by atoms with Gasteiger partial charge in [-0.15, -0.1) is 11.3 Å². The van der Waals surface area contributed by atoms with Crippen LogP contribution >= 0.6 is 11.3 Å². The van der Waals surface area contributed by atoms with E-state index in [0.29, 0.717) is 12.5 Å². The third kappa shape index (κ3) is 4.60. The molecule has 0 saturated carbocycles. The van der Waals surface area contributed by atoms with E-state index in [1.807, 2.05) is 48.6 Å². The van der Waals surface area contributed by atoms with Gasteiger partial charge >= 0.3 is 0 Å². The van der Waals surface area contributed by atoms with Crippen LogP contribution in [0.15, 0.2) is 48.5 Å². The number of benzene rings is 2. The Kier molecular flexibility index (Phi) is 6.11. The Labute approximate surface area is 175 Å². The van der Waals surface area contributed by atoms with Crippen molar-refractivity contribution in [2.75, 3.05) is 20.2 Å². The number of hydrogen-bond donors (Lipinski definition) is 1. The predicted octanol–water partition coefficient (Wildman–Crippen LogP) is 4.19. The van der Waals surface area contributed by atoms with Crippen LogP contribution in [0.4, 0.5) is 0 Å². The van der Waals surface area contributed by atoms with Gasteiger partial charge in [-0.1, -0.05) is 24.3 Å². The number of nitrogens with zero attached hydrogens (tertiary/aromatic N) is 2. The number of thiazole rings is 1. The van der Waals surface area contributed by atoms with Crippen molar-refractivity contribution in [2.45, 2.75) is 38.3 Å². The van der Waals surface area contributed by atoms with Gasteiger partial charge in [0.15, 0.2) is 0 Å². The smallest absolute Gasteiger partial charge is 0.237 e. The van der Waals surface area contributed by atoms with Crippen molar-refractivity contribution < 1.29 is 9.53 Å². The second-order valence-corrected chi connectivity index (χ2v) is 8.63. The molecule has 0 bridgehead atoms. The highest BCUT2D eigenvalue weighted by molar-refractivity contribution is 7.18. The molecule has 3 aromatic rings. The van der Waals surface area contributed by atoms with Crippen molar-refractivity contribution in [2.24, 2.45) is 0 Å². The van der Waals surface area contributed by atoms with Gasteiger partial charge in [0.05, 0.1) is 28.4 Å². The normalized spacial score (nSPS) is 16.6. The summed E-state index contributed by atoms with van der Waals surface area (Å²) in [6.07, 6.45) is 2.10. The van der Waals surface area contributed by atoms with E-state index in [-0.39, 0.29) is 11.9 Å². The Bertz CT molecular complexity index is 929. The summed E-state index contributed by atoms with van der Waals surface area (Å²) in [7, 11) is 1.65. The minimum atomic E-state index is -0.121. The molecule has 1 unspecified atom stereocenters. The monoisotopic (exact) mass is 409 g/mol. The molecule has 1 N–H and O–H groups in total. The maximum Gasteiger partial charge on any atom is 0.237 e. The lowest BCUT2D eigenvalue weighted by Gasteiger charge is -2.34. The summed E-state index contributed by atoms with van der Waals surface area (Å²) in [4.78, 5) is 19.7. The Balaban J connectivity index is 1.28. The van der Waals surface area contributed by atoms with Crippen molar-refractivity contribution >= 4 is 27.5 Å².